The maximum absolute atomic E-state index is 11.1. The first-order valence-corrected chi connectivity index (χ1v) is 7.75. The molecule has 0 radical (unpaired) electrons. The summed E-state index contributed by atoms with van der Waals surface area (Å²) < 4.78 is 12.1. The molecule has 0 saturated heterocycles. The molecular formula is C16H14BrClO4. The summed E-state index contributed by atoms with van der Waals surface area (Å²) in [5, 5.41) is 9.28. The molecule has 0 aromatic heterocycles. The van der Waals surface area contributed by atoms with Gasteiger partial charge in [-0.15, -0.1) is 0 Å². The molecule has 0 aliphatic rings. The third kappa shape index (κ3) is 4.15. The number of ether oxygens (including phenoxy) is 2. The van der Waals surface area contributed by atoms with E-state index in [1.807, 2.05) is 24.3 Å². The van der Waals surface area contributed by atoms with E-state index in [0.29, 0.717) is 24.7 Å². The fourth-order valence-electron chi connectivity index (χ4n) is 1.88. The van der Waals surface area contributed by atoms with Crippen molar-refractivity contribution in [2.24, 2.45) is 0 Å². The predicted molar refractivity (Wildman–Crippen MR) is 88.1 cm³/mol. The predicted octanol–water partition coefficient (Wildman–Crippen LogP) is 4.78. The Morgan fingerprint density at radius 3 is 2.68 bits per heavy atom. The van der Waals surface area contributed by atoms with Gasteiger partial charge < -0.3 is 14.6 Å². The fraction of sp³-hybridized carbons (Fsp3) is 0.188. The third-order valence-electron chi connectivity index (χ3n) is 2.83. The number of halogens is 2. The van der Waals surface area contributed by atoms with Crippen LogP contribution in [-0.2, 0) is 6.61 Å². The normalized spacial score (nSPS) is 10.3. The van der Waals surface area contributed by atoms with Crippen molar-refractivity contribution in [3.63, 3.8) is 0 Å². The van der Waals surface area contributed by atoms with Crippen LogP contribution >= 0.6 is 27.5 Å². The molecule has 0 aliphatic heterocycles. The highest BCUT2D eigenvalue weighted by atomic mass is 79.9. The van der Waals surface area contributed by atoms with Crippen molar-refractivity contribution in [3.8, 4) is 11.5 Å². The van der Waals surface area contributed by atoms with E-state index in [9.17, 15) is 4.79 Å². The fourth-order valence-corrected chi connectivity index (χ4v) is 2.59. The minimum atomic E-state index is -1.07. The van der Waals surface area contributed by atoms with Gasteiger partial charge in [0.15, 0.2) is 11.5 Å². The van der Waals surface area contributed by atoms with Gasteiger partial charge in [-0.3, -0.25) is 0 Å². The van der Waals surface area contributed by atoms with Gasteiger partial charge in [0, 0.05) is 4.47 Å². The van der Waals surface area contributed by atoms with Gasteiger partial charge in [-0.1, -0.05) is 39.7 Å². The largest absolute Gasteiger partial charge is 0.490 e. The number of hydrogen-bond donors (Lipinski definition) is 1. The van der Waals surface area contributed by atoms with E-state index in [0.717, 1.165) is 10.0 Å². The Kier molecular flexibility index (Phi) is 5.69. The van der Waals surface area contributed by atoms with Crippen molar-refractivity contribution in [2.75, 3.05) is 6.61 Å². The highest BCUT2D eigenvalue weighted by Gasteiger charge is 2.16. The Bertz CT molecular complexity index is 688. The Morgan fingerprint density at radius 2 is 2.05 bits per heavy atom. The van der Waals surface area contributed by atoms with E-state index in [2.05, 4.69) is 15.9 Å². The van der Waals surface area contributed by atoms with E-state index >= 15 is 0 Å². The van der Waals surface area contributed by atoms with Crippen LogP contribution in [0.25, 0.3) is 0 Å². The first kappa shape index (κ1) is 16.6. The average Bonchev–Trinajstić information content (AvgIpc) is 2.46. The van der Waals surface area contributed by atoms with E-state index in [-0.39, 0.29) is 10.6 Å². The van der Waals surface area contributed by atoms with E-state index in [1.54, 1.807) is 6.92 Å². The first-order valence-electron chi connectivity index (χ1n) is 6.58. The number of carbonyl (C=O) groups is 1. The highest BCUT2D eigenvalue weighted by molar-refractivity contribution is 9.10. The molecule has 2 aromatic rings. The molecule has 0 atom stereocenters. The van der Waals surface area contributed by atoms with Gasteiger partial charge in [-0.05, 0) is 36.8 Å². The number of hydrogen-bond acceptors (Lipinski definition) is 3. The van der Waals surface area contributed by atoms with Crippen LogP contribution in [0.5, 0.6) is 11.5 Å². The summed E-state index contributed by atoms with van der Waals surface area (Å²) in [6.45, 7) is 2.48. The summed E-state index contributed by atoms with van der Waals surface area (Å²) >= 11 is 9.53. The highest BCUT2D eigenvalue weighted by Crippen LogP contribution is 2.37. The second-order valence-electron chi connectivity index (χ2n) is 4.44. The van der Waals surface area contributed by atoms with Gasteiger partial charge in [-0.25, -0.2) is 4.79 Å². The van der Waals surface area contributed by atoms with Crippen molar-refractivity contribution in [1.82, 2.24) is 0 Å². The minimum Gasteiger partial charge on any atom is -0.490 e. The molecule has 0 spiro atoms. The lowest BCUT2D eigenvalue weighted by molar-refractivity contribution is 0.0696. The van der Waals surface area contributed by atoms with E-state index in [4.69, 9.17) is 26.2 Å². The molecule has 0 saturated carbocycles. The van der Waals surface area contributed by atoms with Crippen molar-refractivity contribution in [1.29, 1.82) is 0 Å². The summed E-state index contributed by atoms with van der Waals surface area (Å²) in [6, 6.07) is 10.4. The molecule has 1 N–H and O–H groups in total. The lowest BCUT2D eigenvalue weighted by Crippen LogP contribution is -2.03. The molecule has 4 nitrogen and oxygen atoms in total. The lowest BCUT2D eigenvalue weighted by Gasteiger charge is -2.14. The number of aromatic carboxylic acids is 1. The standard InChI is InChI=1S/C16H14BrClO4/c1-2-21-14-8-11(16(19)20)7-13(18)15(14)22-9-10-4-3-5-12(17)6-10/h3-8H,2,9H2,1H3,(H,19,20). The Labute approximate surface area is 141 Å². The molecular weight excluding hydrogens is 372 g/mol. The maximum Gasteiger partial charge on any atom is 0.335 e. The van der Waals surface area contributed by atoms with Crippen molar-refractivity contribution < 1.29 is 19.4 Å². The second kappa shape index (κ2) is 7.51. The van der Waals surface area contributed by atoms with Crippen molar-refractivity contribution in [2.45, 2.75) is 13.5 Å². The molecule has 2 rings (SSSR count). The van der Waals surface area contributed by atoms with E-state index in [1.165, 1.54) is 12.1 Å². The summed E-state index contributed by atoms with van der Waals surface area (Å²) in [4.78, 5) is 11.1. The quantitative estimate of drug-likeness (QED) is 0.777. The zero-order chi connectivity index (χ0) is 16.1. The van der Waals surface area contributed by atoms with Crippen LogP contribution in [0.2, 0.25) is 5.02 Å². The third-order valence-corrected chi connectivity index (χ3v) is 3.60. The van der Waals surface area contributed by atoms with Gasteiger partial charge in [0.2, 0.25) is 0 Å². The smallest absolute Gasteiger partial charge is 0.335 e. The summed E-state index contributed by atoms with van der Waals surface area (Å²) in [7, 11) is 0. The Balaban J connectivity index is 2.27. The maximum atomic E-state index is 11.1. The van der Waals surface area contributed by atoms with Crippen LogP contribution in [0.4, 0.5) is 0 Å². The van der Waals surface area contributed by atoms with Crippen LogP contribution in [0.1, 0.15) is 22.8 Å². The van der Waals surface area contributed by atoms with Gasteiger partial charge in [0.1, 0.15) is 6.61 Å². The summed E-state index contributed by atoms with van der Waals surface area (Å²) in [5.74, 6) is -0.405. The minimum absolute atomic E-state index is 0.0586. The molecule has 2 aromatic carbocycles. The molecule has 0 bridgehead atoms. The SMILES string of the molecule is CCOc1cc(C(=O)O)cc(Cl)c1OCc1cccc(Br)c1. The Hall–Kier alpha value is -1.72. The van der Waals surface area contributed by atoms with Crippen molar-refractivity contribution >= 4 is 33.5 Å². The second-order valence-corrected chi connectivity index (χ2v) is 5.76. The number of carboxylic acid groups (broad SMARTS) is 1. The topological polar surface area (TPSA) is 55.8 Å². The zero-order valence-electron chi connectivity index (χ0n) is 11.8. The molecule has 0 heterocycles. The van der Waals surface area contributed by atoms with Gasteiger partial charge >= 0.3 is 5.97 Å². The molecule has 116 valence electrons. The number of carboxylic acids is 1. The van der Waals surface area contributed by atoms with Gasteiger partial charge in [0.25, 0.3) is 0 Å². The van der Waals surface area contributed by atoms with Crippen LogP contribution in [0.3, 0.4) is 0 Å². The summed E-state index contributed by atoms with van der Waals surface area (Å²) in [5.41, 5.74) is 1.01. The molecule has 0 aliphatic carbocycles. The van der Waals surface area contributed by atoms with Crippen molar-refractivity contribution in [3.05, 3.63) is 57.0 Å². The van der Waals surface area contributed by atoms with Crippen LogP contribution in [0.15, 0.2) is 40.9 Å². The first-order chi connectivity index (χ1) is 10.5. The molecule has 22 heavy (non-hydrogen) atoms. The van der Waals surface area contributed by atoms with Crippen LogP contribution in [-0.4, -0.2) is 17.7 Å². The molecule has 0 unspecified atom stereocenters. The van der Waals surface area contributed by atoms with Crippen LogP contribution < -0.4 is 9.47 Å². The molecule has 0 amide bonds. The van der Waals surface area contributed by atoms with Crippen LogP contribution in [0, 0.1) is 0 Å². The molecule has 6 heteroatoms. The van der Waals surface area contributed by atoms with Gasteiger partial charge in [0.05, 0.1) is 17.2 Å². The lowest BCUT2D eigenvalue weighted by atomic mass is 10.2. The Morgan fingerprint density at radius 1 is 1.27 bits per heavy atom. The number of benzene rings is 2. The monoisotopic (exact) mass is 384 g/mol. The average molecular weight is 386 g/mol. The van der Waals surface area contributed by atoms with Gasteiger partial charge in [-0.2, -0.15) is 0 Å². The summed E-state index contributed by atoms with van der Waals surface area (Å²) in [6.07, 6.45) is 0. The molecule has 0 fully saturated rings. The van der Waals surface area contributed by atoms with E-state index < -0.39 is 5.97 Å². The number of rotatable bonds is 6. The zero-order valence-corrected chi connectivity index (χ0v) is 14.1.